The van der Waals surface area contributed by atoms with Crippen molar-refractivity contribution in [2.24, 2.45) is 5.92 Å². The van der Waals surface area contributed by atoms with E-state index in [1.807, 2.05) is 0 Å². The molecule has 0 bridgehead atoms. The number of rotatable bonds is 5. The summed E-state index contributed by atoms with van der Waals surface area (Å²) in [5, 5.41) is 12.3. The topological polar surface area (TPSA) is 118 Å². The number of nitrogens with zero attached hydrogens (tertiary/aromatic N) is 4. The minimum absolute atomic E-state index is 0.00797. The quantitative estimate of drug-likeness (QED) is 0.762. The first-order valence-electron chi connectivity index (χ1n) is 9.87. The van der Waals surface area contributed by atoms with E-state index >= 15 is 0 Å². The summed E-state index contributed by atoms with van der Waals surface area (Å²) in [5.74, 6) is -1.16. The van der Waals surface area contributed by atoms with E-state index in [1.54, 1.807) is 12.1 Å². The highest BCUT2D eigenvalue weighted by Crippen LogP contribution is 2.28. The Balaban J connectivity index is 1.52. The first kappa shape index (κ1) is 20.1. The van der Waals surface area contributed by atoms with Crippen LogP contribution >= 0.6 is 0 Å². The number of pyridine rings is 1. The monoisotopic (exact) mass is 415 g/mol. The van der Waals surface area contributed by atoms with Gasteiger partial charge in [-0.3, -0.25) is 14.5 Å². The number of carbonyl (C=O) groups is 2. The van der Waals surface area contributed by atoms with Crippen molar-refractivity contribution in [3.8, 4) is 11.3 Å². The van der Waals surface area contributed by atoms with Crippen molar-refractivity contribution in [3.63, 3.8) is 0 Å². The smallest absolute Gasteiger partial charge is 0.306 e. The van der Waals surface area contributed by atoms with Crippen molar-refractivity contribution in [1.82, 2.24) is 15.0 Å². The van der Waals surface area contributed by atoms with E-state index in [-0.39, 0.29) is 36.1 Å². The number of morpholine rings is 1. The maximum atomic E-state index is 14.5. The average Bonchev–Trinajstić information content (AvgIpc) is 2.76. The minimum atomic E-state index is -0.763. The fourth-order valence-corrected chi connectivity index (χ4v) is 3.78. The molecule has 4 rings (SSSR count). The molecule has 9 nitrogen and oxygen atoms in total. The summed E-state index contributed by atoms with van der Waals surface area (Å²) in [6, 6.07) is 3.29. The van der Waals surface area contributed by atoms with Gasteiger partial charge in [-0.25, -0.2) is 19.3 Å². The third-order valence-electron chi connectivity index (χ3n) is 5.44. The Kier molecular flexibility index (Phi) is 5.84. The lowest BCUT2D eigenvalue weighted by Gasteiger charge is -2.27. The van der Waals surface area contributed by atoms with E-state index in [4.69, 9.17) is 9.84 Å². The summed E-state index contributed by atoms with van der Waals surface area (Å²) >= 11 is 0. The van der Waals surface area contributed by atoms with Gasteiger partial charge in [0.05, 0.1) is 25.3 Å². The van der Waals surface area contributed by atoms with Crippen LogP contribution in [0.2, 0.25) is 0 Å². The molecule has 30 heavy (non-hydrogen) atoms. The zero-order valence-electron chi connectivity index (χ0n) is 16.3. The average molecular weight is 415 g/mol. The lowest BCUT2D eigenvalue weighted by atomic mass is 9.86. The van der Waals surface area contributed by atoms with Gasteiger partial charge in [0.25, 0.3) is 5.91 Å². The van der Waals surface area contributed by atoms with Crippen LogP contribution in [0.25, 0.3) is 11.3 Å². The van der Waals surface area contributed by atoms with Crippen LogP contribution in [0.1, 0.15) is 25.7 Å². The number of halogens is 1. The number of hydrogen-bond donors (Lipinski definition) is 2. The summed E-state index contributed by atoms with van der Waals surface area (Å²) < 4.78 is 19.6. The molecule has 1 aliphatic heterocycles. The zero-order chi connectivity index (χ0) is 21.1. The number of aromatic nitrogens is 3. The fourth-order valence-electron chi connectivity index (χ4n) is 3.78. The van der Waals surface area contributed by atoms with Gasteiger partial charge in [0.15, 0.2) is 5.82 Å². The predicted octanol–water partition coefficient (Wildman–Crippen LogP) is 2.10. The number of carbonyl (C=O) groups excluding carboxylic acids is 1. The van der Waals surface area contributed by atoms with Crippen LogP contribution in [-0.2, 0) is 14.3 Å². The molecule has 0 radical (unpaired) electrons. The molecule has 1 saturated carbocycles. The summed E-state index contributed by atoms with van der Waals surface area (Å²) in [4.78, 5) is 37.2. The molecule has 158 valence electrons. The molecule has 2 aromatic heterocycles. The van der Waals surface area contributed by atoms with Crippen molar-refractivity contribution in [3.05, 3.63) is 30.3 Å². The van der Waals surface area contributed by atoms with Crippen LogP contribution < -0.4 is 10.2 Å². The van der Waals surface area contributed by atoms with Crippen LogP contribution in [0.15, 0.2) is 24.5 Å². The molecule has 0 aromatic carbocycles. The van der Waals surface area contributed by atoms with E-state index < -0.39 is 11.8 Å². The van der Waals surface area contributed by atoms with Crippen molar-refractivity contribution in [2.75, 3.05) is 30.0 Å². The fraction of sp³-hybridized carbons (Fsp3) is 0.450. The molecule has 1 saturated heterocycles. The number of hydrogen-bond acceptors (Lipinski definition) is 7. The second-order valence-corrected chi connectivity index (χ2v) is 7.42. The van der Waals surface area contributed by atoms with Crippen molar-refractivity contribution < 1.29 is 23.8 Å². The lowest BCUT2D eigenvalue weighted by Crippen LogP contribution is -2.42. The molecule has 0 unspecified atom stereocenters. The number of nitrogens with one attached hydrogen (secondary N) is 1. The maximum Gasteiger partial charge on any atom is 0.306 e. The van der Waals surface area contributed by atoms with Gasteiger partial charge in [0.2, 0.25) is 5.95 Å². The molecule has 2 N–H and O–H groups in total. The van der Waals surface area contributed by atoms with Gasteiger partial charge < -0.3 is 15.2 Å². The number of ether oxygens (including phenoxy) is 1. The maximum absolute atomic E-state index is 14.5. The van der Waals surface area contributed by atoms with Gasteiger partial charge in [0, 0.05) is 17.8 Å². The molecule has 1 aliphatic carbocycles. The Morgan fingerprint density at radius 1 is 1.27 bits per heavy atom. The van der Waals surface area contributed by atoms with Gasteiger partial charge in [-0.2, -0.15) is 0 Å². The highest BCUT2D eigenvalue weighted by atomic mass is 19.1. The third kappa shape index (κ3) is 4.38. The summed E-state index contributed by atoms with van der Waals surface area (Å²) in [5.41, 5.74) is 0.591. The molecule has 10 heteroatoms. The summed E-state index contributed by atoms with van der Waals surface area (Å²) in [6.07, 6.45) is 5.16. The SMILES string of the molecule is O=C1COCCN1c1cc(-c2nc(N[C@H]3CC[C@H](C(=O)O)CC3)ncc2F)ccn1. The van der Waals surface area contributed by atoms with Gasteiger partial charge in [-0.1, -0.05) is 0 Å². The van der Waals surface area contributed by atoms with Crippen molar-refractivity contribution >= 4 is 23.6 Å². The van der Waals surface area contributed by atoms with Gasteiger partial charge in [0.1, 0.15) is 18.1 Å². The molecule has 2 aromatic rings. The van der Waals surface area contributed by atoms with E-state index in [0.717, 1.165) is 6.20 Å². The number of carboxylic acids is 1. The molecular formula is C20H22FN5O4. The molecule has 0 atom stereocenters. The molecule has 2 fully saturated rings. The van der Waals surface area contributed by atoms with E-state index in [2.05, 4.69) is 20.3 Å². The number of carboxylic acid groups (broad SMARTS) is 1. The zero-order valence-corrected chi connectivity index (χ0v) is 16.3. The predicted molar refractivity (Wildman–Crippen MR) is 105 cm³/mol. The first-order chi connectivity index (χ1) is 14.5. The van der Waals surface area contributed by atoms with Crippen molar-refractivity contribution in [2.45, 2.75) is 31.7 Å². The Morgan fingerprint density at radius 2 is 2.07 bits per heavy atom. The van der Waals surface area contributed by atoms with Gasteiger partial charge in [-0.05, 0) is 37.8 Å². The van der Waals surface area contributed by atoms with Crippen LogP contribution in [0.5, 0.6) is 0 Å². The highest BCUT2D eigenvalue weighted by molar-refractivity contribution is 5.94. The van der Waals surface area contributed by atoms with Crippen LogP contribution in [0, 0.1) is 11.7 Å². The van der Waals surface area contributed by atoms with Gasteiger partial charge >= 0.3 is 5.97 Å². The second-order valence-electron chi connectivity index (χ2n) is 7.42. The molecular weight excluding hydrogens is 393 g/mol. The Morgan fingerprint density at radius 3 is 2.80 bits per heavy atom. The van der Waals surface area contributed by atoms with E-state index in [0.29, 0.717) is 50.2 Å². The Bertz CT molecular complexity index is 949. The molecule has 0 spiro atoms. The molecule has 2 aliphatic rings. The molecule has 1 amide bonds. The van der Waals surface area contributed by atoms with E-state index in [9.17, 15) is 14.0 Å². The third-order valence-corrected chi connectivity index (χ3v) is 5.44. The minimum Gasteiger partial charge on any atom is -0.481 e. The summed E-state index contributed by atoms with van der Waals surface area (Å²) in [7, 11) is 0. The highest BCUT2D eigenvalue weighted by Gasteiger charge is 2.26. The standard InChI is InChI=1S/C20H22FN5O4/c21-15-10-23-20(24-14-3-1-12(2-4-14)19(28)29)25-18(15)13-5-6-22-16(9-13)26-7-8-30-11-17(26)27/h5-6,9-10,12,14H,1-4,7-8,11H2,(H,28,29)(H,23,24,25)/t12-,14-. The van der Waals surface area contributed by atoms with Gasteiger partial charge in [-0.15, -0.1) is 0 Å². The number of amides is 1. The second kappa shape index (κ2) is 8.70. The van der Waals surface area contributed by atoms with Crippen molar-refractivity contribution in [1.29, 1.82) is 0 Å². The Labute approximate surface area is 172 Å². The number of anilines is 2. The largest absolute Gasteiger partial charge is 0.481 e. The van der Waals surface area contributed by atoms with Crippen LogP contribution in [0.4, 0.5) is 16.2 Å². The summed E-state index contributed by atoms with van der Waals surface area (Å²) in [6.45, 7) is 0.789. The van der Waals surface area contributed by atoms with E-state index in [1.165, 1.54) is 11.1 Å². The lowest BCUT2D eigenvalue weighted by molar-refractivity contribution is -0.142. The van der Waals surface area contributed by atoms with Crippen LogP contribution in [-0.4, -0.2) is 57.7 Å². The molecule has 3 heterocycles. The normalized spacial score (nSPS) is 22.0. The van der Waals surface area contributed by atoms with Crippen LogP contribution in [0.3, 0.4) is 0 Å². The number of aliphatic carboxylic acids is 1. The Hall–Kier alpha value is -3.14. The first-order valence-corrected chi connectivity index (χ1v) is 9.87.